The second kappa shape index (κ2) is 7.65. The van der Waals surface area contributed by atoms with Gasteiger partial charge in [-0.2, -0.15) is 0 Å². The second-order valence-corrected chi connectivity index (χ2v) is 7.41. The Morgan fingerprint density at radius 2 is 1.89 bits per heavy atom. The van der Waals surface area contributed by atoms with E-state index in [1.807, 2.05) is 0 Å². The Labute approximate surface area is 155 Å². The van der Waals surface area contributed by atoms with Crippen LogP contribution in [0.4, 0.5) is 10.1 Å². The van der Waals surface area contributed by atoms with Crippen LogP contribution in [-0.2, 0) is 10.0 Å². The molecule has 0 atom stereocenters. The first-order chi connectivity index (χ1) is 12.9. The van der Waals surface area contributed by atoms with Gasteiger partial charge in [0.25, 0.3) is 5.91 Å². The molecule has 0 unspecified atom stereocenters. The number of pyridine rings is 1. The zero-order valence-electron chi connectivity index (χ0n) is 14.1. The average Bonchev–Trinajstić information content (AvgIpc) is 2.67. The number of anilines is 1. The highest BCUT2D eigenvalue weighted by Crippen LogP contribution is 2.23. The highest BCUT2D eigenvalue weighted by Gasteiger charge is 2.14. The molecule has 27 heavy (non-hydrogen) atoms. The number of sulfonamides is 1. The van der Waals surface area contributed by atoms with Crippen molar-refractivity contribution in [3.8, 4) is 0 Å². The first-order valence-corrected chi connectivity index (χ1v) is 9.45. The fraction of sp³-hybridized carbons (Fsp3) is 0.0526. The van der Waals surface area contributed by atoms with Gasteiger partial charge in [-0.15, -0.1) is 6.58 Å². The van der Waals surface area contributed by atoms with Crippen molar-refractivity contribution in [1.29, 1.82) is 0 Å². The van der Waals surface area contributed by atoms with Crippen molar-refractivity contribution in [3.63, 3.8) is 0 Å². The zero-order chi connectivity index (χ0) is 19.4. The molecule has 0 aliphatic heterocycles. The number of amides is 1. The molecular weight excluding hydrogens is 369 g/mol. The third kappa shape index (κ3) is 4.18. The maximum absolute atomic E-state index is 13.5. The summed E-state index contributed by atoms with van der Waals surface area (Å²) >= 11 is 0. The summed E-state index contributed by atoms with van der Waals surface area (Å²) in [5.41, 5.74) is 1.22. The predicted molar refractivity (Wildman–Crippen MR) is 101 cm³/mol. The van der Waals surface area contributed by atoms with Crippen LogP contribution in [0.1, 0.15) is 10.4 Å². The number of hydrogen-bond donors (Lipinski definition) is 2. The molecule has 1 aromatic heterocycles. The van der Waals surface area contributed by atoms with Crippen molar-refractivity contribution in [1.82, 2.24) is 9.71 Å². The van der Waals surface area contributed by atoms with E-state index in [2.05, 4.69) is 21.6 Å². The molecule has 6 nitrogen and oxygen atoms in total. The topological polar surface area (TPSA) is 88.2 Å². The lowest BCUT2D eigenvalue weighted by molar-refractivity contribution is 0.102. The van der Waals surface area contributed by atoms with Gasteiger partial charge in [0.05, 0.1) is 16.1 Å². The number of nitrogens with zero attached hydrogens (tertiary/aromatic N) is 1. The first kappa shape index (κ1) is 18.7. The molecule has 0 saturated carbocycles. The van der Waals surface area contributed by atoms with Gasteiger partial charge >= 0.3 is 0 Å². The molecule has 2 N–H and O–H groups in total. The number of hydrogen-bond acceptors (Lipinski definition) is 4. The molecule has 0 radical (unpaired) electrons. The molecule has 0 aliphatic rings. The number of rotatable bonds is 6. The summed E-state index contributed by atoms with van der Waals surface area (Å²) < 4.78 is 39.9. The number of carbonyl (C=O) groups is 1. The predicted octanol–water partition coefficient (Wildman–Crippen LogP) is 3.09. The first-order valence-electron chi connectivity index (χ1n) is 7.97. The molecule has 0 spiro atoms. The highest BCUT2D eigenvalue weighted by molar-refractivity contribution is 7.89. The van der Waals surface area contributed by atoms with Crippen LogP contribution in [0.15, 0.2) is 72.3 Å². The van der Waals surface area contributed by atoms with Crippen molar-refractivity contribution in [2.75, 3.05) is 11.9 Å². The SMILES string of the molecule is C=CCNS(=O)(=O)c1ccc(C(=O)Nc2ccnc3ccc(F)cc23)cc1. The molecule has 2 aromatic carbocycles. The average molecular weight is 385 g/mol. The van der Waals surface area contributed by atoms with Gasteiger partial charge in [0, 0.05) is 23.7 Å². The van der Waals surface area contributed by atoms with Crippen molar-refractivity contribution in [3.05, 3.63) is 78.8 Å². The van der Waals surface area contributed by atoms with Crippen LogP contribution < -0.4 is 10.0 Å². The Balaban J connectivity index is 1.83. The Morgan fingerprint density at radius 3 is 2.59 bits per heavy atom. The van der Waals surface area contributed by atoms with Crippen LogP contribution in [0, 0.1) is 5.82 Å². The smallest absolute Gasteiger partial charge is 0.255 e. The Hall–Kier alpha value is -3.10. The summed E-state index contributed by atoms with van der Waals surface area (Å²) in [6, 6.07) is 11.2. The van der Waals surface area contributed by atoms with Crippen LogP contribution in [0.3, 0.4) is 0 Å². The number of benzene rings is 2. The fourth-order valence-corrected chi connectivity index (χ4v) is 3.46. The summed E-state index contributed by atoms with van der Waals surface area (Å²) in [7, 11) is -3.66. The van der Waals surface area contributed by atoms with E-state index in [1.54, 1.807) is 6.07 Å². The molecule has 138 valence electrons. The molecule has 1 heterocycles. The number of nitrogens with one attached hydrogen (secondary N) is 2. The van der Waals surface area contributed by atoms with Gasteiger partial charge in [0.15, 0.2) is 0 Å². The van der Waals surface area contributed by atoms with Crippen molar-refractivity contribution in [2.45, 2.75) is 4.90 Å². The quantitative estimate of drug-likeness (QED) is 0.638. The minimum atomic E-state index is -3.66. The minimum Gasteiger partial charge on any atom is -0.321 e. The standard InChI is InChI=1S/C19H16FN3O3S/c1-2-10-22-27(25,26)15-6-3-13(4-7-15)19(24)23-18-9-11-21-17-8-5-14(20)12-16(17)18/h2-9,11-12,22H,1,10H2,(H,21,23,24). The van der Waals surface area contributed by atoms with Crippen LogP contribution in [0.2, 0.25) is 0 Å². The molecule has 3 rings (SSSR count). The van der Waals surface area contributed by atoms with Gasteiger partial charge < -0.3 is 5.32 Å². The summed E-state index contributed by atoms with van der Waals surface area (Å²) in [5.74, 6) is -0.887. The largest absolute Gasteiger partial charge is 0.321 e. The van der Waals surface area contributed by atoms with E-state index in [1.165, 1.54) is 54.7 Å². The fourth-order valence-electron chi connectivity index (χ4n) is 2.46. The van der Waals surface area contributed by atoms with E-state index in [4.69, 9.17) is 0 Å². The van der Waals surface area contributed by atoms with Crippen LogP contribution >= 0.6 is 0 Å². The van der Waals surface area contributed by atoms with E-state index in [9.17, 15) is 17.6 Å². The summed E-state index contributed by atoms with van der Waals surface area (Å²) in [6.07, 6.45) is 2.94. The maximum Gasteiger partial charge on any atom is 0.255 e. The normalized spacial score (nSPS) is 11.3. The highest BCUT2D eigenvalue weighted by atomic mass is 32.2. The second-order valence-electron chi connectivity index (χ2n) is 5.64. The number of aromatic nitrogens is 1. The monoisotopic (exact) mass is 385 g/mol. The third-order valence-corrected chi connectivity index (χ3v) is 5.24. The maximum atomic E-state index is 13.5. The minimum absolute atomic E-state index is 0.0392. The lowest BCUT2D eigenvalue weighted by Crippen LogP contribution is -2.23. The number of fused-ring (bicyclic) bond motifs is 1. The van der Waals surface area contributed by atoms with Gasteiger partial charge in [-0.1, -0.05) is 6.08 Å². The van der Waals surface area contributed by atoms with Gasteiger partial charge in [0.2, 0.25) is 10.0 Å². The van der Waals surface area contributed by atoms with Gasteiger partial charge in [-0.05, 0) is 48.5 Å². The van der Waals surface area contributed by atoms with Crippen molar-refractivity contribution in [2.24, 2.45) is 0 Å². The van der Waals surface area contributed by atoms with Crippen molar-refractivity contribution < 1.29 is 17.6 Å². The molecule has 0 saturated heterocycles. The molecule has 0 fully saturated rings. The summed E-state index contributed by atoms with van der Waals surface area (Å²) in [6.45, 7) is 3.56. The Bertz CT molecular complexity index is 1110. The lowest BCUT2D eigenvalue weighted by Gasteiger charge is -2.09. The lowest BCUT2D eigenvalue weighted by atomic mass is 10.1. The molecule has 1 amide bonds. The van der Waals surface area contributed by atoms with Crippen molar-refractivity contribution >= 4 is 32.5 Å². The molecule has 0 aliphatic carbocycles. The van der Waals surface area contributed by atoms with E-state index < -0.39 is 21.7 Å². The van der Waals surface area contributed by atoms with E-state index in [0.717, 1.165) is 0 Å². The van der Waals surface area contributed by atoms with Gasteiger partial charge in [0.1, 0.15) is 5.82 Å². The molecule has 8 heteroatoms. The number of carbonyl (C=O) groups excluding carboxylic acids is 1. The number of halogens is 1. The molecule has 0 bridgehead atoms. The Kier molecular flexibility index (Phi) is 5.29. The summed E-state index contributed by atoms with van der Waals surface area (Å²) in [5, 5.41) is 3.17. The van der Waals surface area contributed by atoms with Gasteiger partial charge in [-0.3, -0.25) is 9.78 Å². The van der Waals surface area contributed by atoms with Gasteiger partial charge in [-0.25, -0.2) is 17.5 Å². The third-order valence-electron chi connectivity index (χ3n) is 3.80. The Morgan fingerprint density at radius 1 is 1.15 bits per heavy atom. The van der Waals surface area contributed by atoms with Crippen LogP contribution in [-0.4, -0.2) is 25.9 Å². The molecule has 3 aromatic rings. The zero-order valence-corrected chi connectivity index (χ0v) is 15.0. The van der Waals surface area contributed by atoms with Crippen LogP contribution in [0.5, 0.6) is 0 Å². The van der Waals surface area contributed by atoms with E-state index >= 15 is 0 Å². The van der Waals surface area contributed by atoms with E-state index in [-0.39, 0.29) is 17.0 Å². The van der Waals surface area contributed by atoms with Crippen LogP contribution in [0.25, 0.3) is 10.9 Å². The van der Waals surface area contributed by atoms with E-state index in [0.29, 0.717) is 16.6 Å². The summed E-state index contributed by atoms with van der Waals surface area (Å²) in [4.78, 5) is 16.6. The molecular formula is C19H16FN3O3S.